The zero-order valence-electron chi connectivity index (χ0n) is 12.6. The average Bonchev–Trinajstić information content (AvgIpc) is 2.38. The summed E-state index contributed by atoms with van der Waals surface area (Å²) in [6.07, 6.45) is 2.48. The minimum atomic E-state index is 0.516. The fourth-order valence-electron chi connectivity index (χ4n) is 3.05. The molecule has 0 saturated carbocycles. The Hall–Kier alpha value is -0.740. The van der Waals surface area contributed by atoms with Crippen LogP contribution in [0.25, 0.3) is 0 Å². The number of nitrogens with two attached hydrogens (primary N) is 1. The van der Waals surface area contributed by atoms with Crippen LogP contribution in [0, 0.1) is 5.92 Å². The molecule has 0 bridgehead atoms. The van der Waals surface area contributed by atoms with Gasteiger partial charge in [0.25, 0.3) is 0 Å². The number of rotatable bonds is 4. The Bertz CT molecular complexity index is 487. The molecule has 4 heteroatoms. The summed E-state index contributed by atoms with van der Waals surface area (Å²) >= 11 is 7.14. The average molecular weight is 309 g/mol. The topological polar surface area (TPSA) is 29.3 Å². The van der Waals surface area contributed by atoms with E-state index in [0.717, 1.165) is 23.8 Å². The molecule has 0 aliphatic carbocycles. The fraction of sp³-hybridized carbons (Fsp3) is 0.562. The van der Waals surface area contributed by atoms with Crippen LogP contribution in [0.3, 0.4) is 0 Å². The van der Waals surface area contributed by atoms with Crippen molar-refractivity contribution in [2.45, 2.75) is 44.6 Å². The third-order valence-corrected chi connectivity index (χ3v) is 5.14. The van der Waals surface area contributed by atoms with Gasteiger partial charge in [-0.05, 0) is 43.6 Å². The lowest BCUT2D eigenvalue weighted by Crippen LogP contribution is -2.41. The summed E-state index contributed by atoms with van der Waals surface area (Å²) in [5.74, 6) is 1.84. The van der Waals surface area contributed by atoms with Crippen molar-refractivity contribution in [3.05, 3.63) is 23.8 Å². The molecule has 0 radical (unpaired) electrons. The van der Waals surface area contributed by atoms with Crippen LogP contribution < -0.4 is 10.6 Å². The van der Waals surface area contributed by atoms with E-state index in [1.54, 1.807) is 0 Å². The highest BCUT2D eigenvalue weighted by Crippen LogP contribution is 2.35. The molecule has 1 aromatic rings. The van der Waals surface area contributed by atoms with Gasteiger partial charge in [-0.3, -0.25) is 0 Å². The van der Waals surface area contributed by atoms with E-state index in [9.17, 15) is 0 Å². The van der Waals surface area contributed by atoms with Crippen molar-refractivity contribution in [3.63, 3.8) is 0 Å². The first-order valence-electron chi connectivity index (χ1n) is 7.36. The number of thioether (sulfide) groups is 1. The number of anilines is 1. The molecule has 2 unspecified atom stereocenters. The van der Waals surface area contributed by atoms with Crippen LogP contribution in [0.4, 0.5) is 5.69 Å². The van der Waals surface area contributed by atoms with E-state index in [4.69, 9.17) is 18.0 Å². The molecule has 1 aromatic carbocycles. The van der Waals surface area contributed by atoms with Crippen molar-refractivity contribution in [1.29, 1.82) is 0 Å². The van der Waals surface area contributed by atoms with Gasteiger partial charge in [0.1, 0.15) is 4.99 Å². The van der Waals surface area contributed by atoms with Crippen molar-refractivity contribution in [1.82, 2.24) is 0 Å². The van der Waals surface area contributed by atoms with Gasteiger partial charge >= 0.3 is 0 Å². The number of hydrogen-bond acceptors (Lipinski definition) is 3. The zero-order chi connectivity index (χ0) is 14.7. The molecule has 2 rings (SSSR count). The second kappa shape index (κ2) is 6.81. The van der Waals surface area contributed by atoms with Crippen LogP contribution in [-0.4, -0.2) is 23.3 Å². The highest BCUT2D eigenvalue weighted by molar-refractivity contribution is 7.99. The molecular weight excluding hydrogens is 284 g/mol. The van der Waals surface area contributed by atoms with Crippen LogP contribution in [0.15, 0.2) is 23.1 Å². The largest absolute Gasteiger partial charge is 0.389 e. The Balaban J connectivity index is 2.40. The van der Waals surface area contributed by atoms with E-state index < -0.39 is 0 Å². The van der Waals surface area contributed by atoms with Gasteiger partial charge in [-0.15, -0.1) is 11.8 Å². The first-order valence-corrected chi connectivity index (χ1v) is 8.76. The molecule has 20 heavy (non-hydrogen) atoms. The molecule has 0 spiro atoms. The van der Waals surface area contributed by atoms with Crippen molar-refractivity contribution in [2.24, 2.45) is 11.7 Å². The maximum Gasteiger partial charge on any atom is 0.107 e. The normalized spacial score (nSPS) is 22.9. The summed E-state index contributed by atoms with van der Waals surface area (Å²) in [4.78, 5) is 4.21. The first kappa shape index (κ1) is 15.6. The molecule has 2 nitrogen and oxygen atoms in total. The van der Waals surface area contributed by atoms with E-state index in [2.05, 4.69) is 43.9 Å². The predicted octanol–water partition coefficient (Wildman–Crippen LogP) is 4.06. The van der Waals surface area contributed by atoms with Gasteiger partial charge in [-0.1, -0.05) is 32.1 Å². The summed E-state index contributed by atoms with van der Waals surface area (Å²) in [6, 6.07) is 6.97. The van der Waals surface area contributed by atoms with Gasteiger partial charge in [0.15, 0.2) is 0 Å². The molecule has 1 saturated heterocycles. The Labute approximate surface area is 132 Å². The standard InChI is InChI=1S/C16H24N2S2/c1-4-20-14-7-5-6-13(15(14)16(17)19)18-9-8-11(2)10-12(18)3/h5-7,11-12H,4,8-10H2,1-3H3,(H2,17,19). The zero-order valence-corrected chi connectivity index (χ0v) is 14.2. The minimum Gasteiger partial charge on any atom is -0.389 e. The molecular formula is C16H24N2S2. The maximum absolute atomic E-state index is 6.02. The number of piperidine rings is 1. The Morgan fingerprint density at radius 1 is 1.45 bits per heavy atom. The number of thiocarbonyl (C=S) groups is 1. The minimum absolute atomic E-state index is 0.516. The number of benzene rings is 1. The molecule has 1 aliphatic rings. The van der Waals surface area contributed by atoms with Crippen LogP contribution in [-0.2, 0) is 0 Å². The second-order valence-electron chi connectivity index (χ2n) is 5.62. The van der Waals surface area contributed by atoms with E-state index in [0.29, 0.717) is 11.0 Å². The third-order valence-electron chi connectivity index (χ3n) is 4.00. The predicted molar refractivity (Wildman–Crippen MR) is 93.9 cm³/mol. The van der Waals surface area contributed by atoms with Crippen molar-refractivity contribution >= 4 is 34.7 Å². The number of hydrogen-bond donors (Lipinski definition) is 1. The summed E-state index contributed by atoms with van der Waals surface area (Å²) in [6.45, 7) is 7.90. The second-order valence-corrected chi connectivity index (χ2v) is 7.37. The molecule has 0 aromatic heterocycles. The van der Waals surface area contributed by atoms with Gasteiger partial charge in [0, 0.05) is 28.7 Å². The third kappa shape index (κ3) is 3.29. The number of nitrogens with zero attached hydrogens (tertiary/aromatic N) is 1. The highest BCUT2D eigenvalue weighted by atomic mass is 32.2. The molecule has 2 atom stereocenters. The van der Waals surface area contributed by atoms with Crippen LogP contribution in [0.1, 0.15) is 39.2 Å². The lowest BCUT2D eigenvalue weighted by Gasteiger charge is -2.39. The first-order chi connectivity index (χ1) is 9.54. The maximum atomic E-state index is 6.02. The van der Waals surface area contributed by atoms with Gasteiger partial charge in [-0.2, -0.15) is 0 Å². The molecule has 2 N–H and O–H groups in total. The molecule has 1 heterocycles. The summed E-state index contributed by atoms with van der Waals surface area (Å²) in [7, 11) is 0. The Morgan fingerprint density at radius 2 is 2.20 bits per heavy atom. The van der Waals surface area contributed by atoms with E-state index in [-0.39, 0.29) is 0 Å². The Kier molecular flexibility index (Phi) is 5.33. The van der Waals surface area contributed by atoms with Gasteiger partial charge in [0.05, 0.1) is 0 Å². The van der Waals surface area contributed by atoms with E-state index >= 15 is 0 Å². The van der Waals surface area contributed by atoms with Gasteiger partial charge < -0.3 is 10.6 Å². The van der Waals surface area contributed by atoms with E-state index in [1.807, 2.05) is 11.8 Å². The quantitative estimate of drug-likeness (QED) is 0.671. The van der Waals surface area contributed by atoms with E-state index in [1.165, 1.54) is 23.4 Å². The summed E-state index contributed by atoms with van der Waals surface area (Å²) < 4.78 is 0. The van der Waals surface area contributed by atoms with Crippen LogP contribution in [0.5, 0.6) is 0 Å². The van der Waals surface area contributed by atoms with Crippen molar-refractivity contribution in [2.75, 3.05) is 17.2 Å². The van der Waals surface area contributed by atoms with Gasteiger partial charge in [-0.25, -0.2) is 0 Å². The van der Waals surface area contributed by atoms with Gasteiger partial charge in [0.2, 0.25) is 0 Å². The summed E-state index contributed by atoms with van der Waals surface area (Å²) in [5.41, 5.74) is 8.30. The van der Waals surface area contributed by atoms with Crippen molar-refractivity contribution in [3.8, 4) is 0 Å². The molecule has 1 aliphatic heterocycles. The van der Waals surface area contributed by atoms with Crippen LogP contribution in [0.2, 0.25) is 0 Å². The molecule has 110 valence electrons. The lowest BCUT2D eigenvalue weighted by atomic mass is 9.92. The highest BCUT2D eigenvalue weighted by Gasteiger charge is 2.26. The van der Waals surface area contributed by atoms with Crippen molar-refractivity contribution < 1.29 is 0 Å². The van der Waals surface area contributed by atoms with Crippen LogP contribution >= 0.6 is 24.0 Å². The monoisotopic (exact) mass is 308 g/mol. The SMILES string of the molecule is CCSc1cccc(N2CCC(C)CC2C)c1C(N)=S. The molecule has 1 fully saturated rings. The summed E-state index contributed by atoms with van der Waals surface area (Å²) in [5, 5.41) is 0. The fourth-order valence-corrected chi connectivity index (χ4v) is 4.17. The molecule has 0 amide bonds. The lowest BCUT2D eigenvalue weighted by molar-refractivity contribution is 0.378. The Morgan fingerprint density at radius 3 is 2.80 bits per heavy atom. The smallest absolute Gasteiger partial charge is 0.107 e.